The molecule has 1 heterocycles. The Labute approximate surface area is 181 Å². The molecule has 0 bridgehead atoms. The number of unbranched alkanes of at least 4 members (excludes halogenated alkanes) is 2. The van der Waals surface area contributed by atoms with Crippen LogP contribution in [-0.4, -0.2) is 41.8 Å². The number of hydrogen-bond donors (Lipinski definition) is 3. The Morgan fingerprint density at radius 3 is 2.50 bits per heavy atom. The van der Waals surface area contributed by atoms with Crippen LogP contribution in [0.15, 0.2) is 24.3 Å². The summed E-state index contributed by atoms with van der Waals surface area (Å²) in [6.07, 6.45) is 4.28. The van der Waals surface area contributed by atoms with Crippen molar-refractivity contribution in [1.29, 1.82) is 5.41 Å². The molecule has 30 heavy (non-hydrogen) atoms. The molecule has 0 atom stereocenters. The van der Waals surface area contributed by atoms with Gasteiger partial charge in [-0.3, -0.25) is 4.79 Å². The summed E-state index contributed by atoms with van der Waals surface area (Å²) in [6, 6.07) is 8.05. The zero-order chi connectivity index (χ0) is 21.9. The molecule has 1 aromatic heterocycles. The lowest BCUT2D eigenvalue weighted by atomic mass is 10.0. The van der Waals surface area contributed by atoms with Gasteiger partial charge >= 0.3 is 0 Å². The van der Waals surface area contributed by atoms with Gasteiger partial charge in [-0.1, -0.05) is 30.2 Å². The van der Waals surface area contributed by atoms with Gasteiger partial charge in [0.2, 0.25) is 0 Å². The molecule has 0 aliphatic heterocycles. The molecular weight excluding hydrogens is 406 g/mol. The largest absolute Gasteiger partial charge is 0.491 e. The molecule has 0 radical (unpaired) electrons. The molecule has 2 rings (SSSR count). The Morgan fingerprint density at radius 2 is 1.80 bits per heavy atom. The minimum atomic E-state index is -0.375. The van der Waals surface area contributed by atoms with Crippen molar-refractivity contribution in [3.63, 3.8) is 0 Å². The number of rotatable bonds is 13. The molecule has 8 nitrogen and oxygen atoms in total. The molecule has 0 fully saturated rings. The van der Waals surface area contributed by atoms with Crippen molar-refractivity contribution in [2.24, 2.45) is 0 Å². The van der Waals surface area contributed by atoms with Gasteiger partial charge in [-0.15, -0.1) is 0 Å². The summed E-state index contributed by atoms with van der Waals surface area (Å²) in [4.78, 5) is 20.0. The molecule has 0 aliphatic carbocycles. The van der Waals surface area contributed by atoms with Gasteiger partial charge in [0, 0.05) is 12.8 Å². The number of benzene rings is 1. The summed E-state index contributed by atoms with van der Waals surface area (Å²) >= 11 is 5.80. The fraction of sp³-hybridized carbons (Fsp3) is 0.429. The van der Waals surface area contributed by atoms with Crippen molar-refractivity contribution in [2.45, 2.75) is 38.5 Å². The fourth-order valence-electron chi connectivity index (χ4n) is 2.85. The molecule has 5 N–H and O–H groups in total. The van der Waals surface area contributed by atoms with E-state index in [2.05, 4.69) is 22.1 Å². The van der Waals surface area contributed by atoms with Crippen LogP contribution >= 0.6 is 11.6 Å². The number of nitrogens with one attached hydrogen (secondary N) is 1. The van der Waals surface area contributed by atoms with Crippen LogP contribution < -0.4 is 16.2 Å². The number of halogens is 1. The highest BCUT2D eigenvalue weighted by molar-refractivity contribution is 6.31. The summed E-state index contributed by atoms with van der Waals surface area (Å²) < 4.78 is 10.5. The minimum Gasteiger partial charge on any atom is -0.491 e. The number of carbonyl (C=O) groups is 1. The number of nitrogen functional groups attached to an aromatic ring is 2. The van der Waals surface area contributed by atoms with Crippen LogP contribution in [0.25, 0.3) is 0 Å². The van der Waals surface area contributed by atoms with E-state index in [-0.39, 0.29) is 34.7 Å². The maximum atomic E-state index is 12.3. The second-order valence-corrected chi connectivity index (χ2v) is 7.24. The number of ether oxygens (including phenoxy) is 2. The van der Waals surface area contributed by atoms with E-state index in [1.54, 1.807) is 7.11 Å². The van der Waals surface area contributed by atoms with Crippen molar-refractivity contribution < 1.29 is 14.3 Å². The third-order valence-corrected chi connectivity index (χ3v) is 4.74. The second kappa shape index (κ2) is 12.1. The van der Waals surface area contributed by atoms with Crippen molar-refractivity contribution >= 4 is 34.7 Å². The summed E-state index contributed by atoms with van der Waals surface area (Å²) in [6.45, 7) is 1.10. The van der Waals surface area contributed by atoms with E-state index in [4.69, 9.17) is 38.0 Å². The SMILES string of the molecule is COCCOc1ccc(CCCCCC(=N)CC(=O)c2nc(Cl)c(N)nc2N)cc1. The molecule has 0 unspecified atom stereocenters. The van der Waals surface area contributed by atoms with Crippen LogP contribution in [-0.2, 0) is 11.2 Å². The van der Waals surface area contributed by atoms with Gasteiger partial charge in [-0.2, -0.15) is 0 Å². The van der Waals surface area contributed by atoms with E-state index >= 15 is 0 Å². The number of carbonyl (C=O) groups excluding carboxylic acids is 1. The Balaban J connectivity index is 1.66. The first-order valence-electron chi connectivity index (χ1n) is 9.79. The lowest BCUT2D eigenvalue weighted by Gasteiger charge is -2.08. The number of ketones is 1. The number of Topliss-reactive ketones (excluding diaryl/α,β-unsaturated/α-hetero) is 1. The maximum absolute atomic E-state index is 12.3. The third-order valence-electron chi connectivity index (χ3n) is 4.47. The summed E-state index contributed by atoms with van der Waals surface area (Å²) in [5.74, 6) is 0.375. The highest BCUT2D eigenvalue weighted by Gasteiger charge is 2.17. The van der Waals surface area contributed by atoms with Crippen molar-refractivity contribution in [1.82, 2.24) is 9.97 Å². The molecule has 0 aliphatic rings. The van der Waals surface area contributed by atoms with Gasteiger partial charge in [0.1, 0.15) is 12.4 Å². The average Bonchev–Trinajstić information content (AvgIpc) is 2.71. The predicted octanol–water partition coefficient (Wildman–Crippen LogP) is 3.72. The molecule has 0 spiro atoms. The zero-order valence-electron chi connectivity index (χ0n) is 17.1. The minimum absolute atomic E-state index is 0.0194. The van der Waals surface area contributed by atoms with E-state index in [1.807, 2.05) is 12.1 Å². The summed E-state index contributed by atoms with van der Waals surface area (Å²) in [5.41, 5.74) is 12.7. The first-order valence-corrected chi connectivity index (χ1v) is 10.2. The first-order chi connectivity index (χ1) is 14.4. The zero-order valence-corrected chi connectivity index (χ0v) is 17.9. The molecule has 0 saturated heterocycles. The van der Waals surface area contributed by atoms with Gasteiger partial charge in [-0.25, -0.2) is 9.97 Å². The number of nitrogens with two attached hydrogens (primary N) is 2. The van der Waals surface area contributed by atoms with Crippen LogP contribution in [0.2, 0.25) is 5.15 Å². The lowest BCUT2D eigenvalue weighted by Crippen LogP contribution is -2.14. The van der Waals surface area contributed by atoms with E-state index in [9.17, 15) is 4.79 Å². The van der Waals surface area contributed by atoms with Gasteiger partial charge < -0.3 is 26.4 Å². The van der Waals surface area contributed by atoms with Crippen molar-refractivity contribution in [3.8, 4) is 5.75 Å². The van der Waals surface area contributed by atoms with Gasteiger partial charge in [0.05, 0.1) is 13.0 Å². The Bertz CT molecular complexity index is 858. The van der Waals surface area contributed by atoms with E-state index in [0.717, 1.165) is 31.4 Å². The molecule has 0 saturated carbocycles. The standard InChI is InChI=1S/C21H28ClN5O3/c1-29-11-12-30-16-9-7-14(8-10-16)5-3-2-4-6-15(23)13-17(28)18-20(24)27-21(25)19(22)26-18/h7-10,23H,2-6,11-13H2,1H3,(H4,24,25,27). The number of hydrogen-bond acceptors (Lipinski definition) is 8. The Morgan fingerprint density at radius 1 is 1.07 bits per heavy atom. The van der Waals surface area contributed by atoms with Crippen LogP contribution in [0.1, 0.15) is 48.2 Å². The van der Waals surface area contributed by atoms with Crippen LogP contribution in [0.5, 0.6) is 5.75 Å². The Hall–Kier alpha value is -2.71. The fourth-order valence-corrected chi connectivity index (χ4v) is 2.98. The summed E-state index contributed by atoms with van der Waals surface area (Å²) in [5, 5.41) is 7.98. The van der Waals surface area contributed by atoms with Gasteiger partial charge in [0.25, 0.3) is 0 Å². The van der Waals surface area contributed by atoms with Crippen molar-refractivity contribution in [2.75, 3.05) is 31.8 Å². The Kier molecular flexibility index (Phi) is 9.50. The normalized spacial score (nSPS) is 10.7. The van der Waals surface area contributed by atoms with Crippen LogP contribution in [0.4, 0.5) is 11.6 Å². The van der Waals surface area contributed by atoms with Crippen LogP contribution in [0, 0.1) is 5.41 Å². The van der Waals surface area contributed by atoms with Gasteiger partial charge in [0.15, 0.2) is 28.3 Å². The van der Waals surface area contributed by atoms with Gasteiger partial charge in [-0.05, 0) is 43.4 Å². The molecule has 9 heteroatoms. The molecule has 162 valence electrons. The summed E-state index contributed by atoms with van der Waals surface area (Å²) in [7, 11) is 1.65. The van der Waals surface area contributed by atoms with E-state index in [1.165, 1.54) is 5.56 Å². The maximum Gasteiger partial charge on any atom is 0.190 e. The number of nitrogens with zero attached hydrogens (tertiary/aromatic N) is 2. The quantitative estimate of drug-likeness (QED) is 0.248. The second-order valence-electron chi connectivity index (χ2n) is 6.88. The number of anilines is 2. The highest BCUT2D eigenvalue weighted by Crippen LogP contribution is 2.19. The lowest BCUT2D eigenvalue weighted by molar-refractivity contribution is 0.0996. The topological polar surface area (TPSA) is 137 Å². The monoisotopic (exact) mass is 433 g/mol. The molecular formula is C21H28ClN5O3. The first kappa shape index (κ1) is 23.6. The van der Waals surface area contributed by atoms with E-state index < -0.39 is 0 Å². The molecule has 0 amide bonds. The van der Waals surface area contributed by atoms with Crippen LogP contribution in [0.3, 0.4) is 0 Å². The van der Waals surface area contributed by atoms with E-state index in [0.29, 0.717) is 25.3 Å². The molecule has 1 aromatic carbocycles. The highest BCUT2D eigenvalue weighted by atomic mass is 35.5. The average molecular weight is 434 g/mol. The third kappa shape index (κ3) is 7.61. The number of aryl methyl sites for hydroxylation is 1. The predicted molar refractivity (Wildman–Crippen MR) is 119 cm³/mol. The smallest absolute Gasteiger partial charge is 0.190 e. The number of methoxy groups -OCH3 is 1. The number of aromatic nitrogens is 2. The molecule has 2 aromatic rings. The van der Waals surface area contributed by atoms with Crippen molar-refractivity contribution in [3.05, 3.63) is 40.7 Å².